The molecule has 3 aromatic heterocycles. The molecule has 10 nitrogen and oxygen atoms in total. The minimum absolute atomic E-state index is 0.185. The fraction of sp³-hybridized carbons (Fsp3) is 0.368. The largest absolute Gasteiger partial charge is 0.481 e. The second-order valence-electron chi connectivity index (χ2n) is 6.55. The topological polar surface area (TPSA) is 126 Å². The van der Waals surface area contributed by atoms with Crippen molar-refractivity contribution in [3.05, 3.63) is 36.3 Å². The molecule has 1 saturated heterocycles. The van der Waals surface area contributed by atoms with Crippen LogP contribution in [0.2, 0.25) is 0 Å². The van der Waals surface area contributed by atoms with E-state index < -0.39 is 0 Å². The standard InChI is InChI=1S/C19H22N6O4/c1-3-29-15-9-28-8-13(15)24-19(26)12-7-14(11-4-5-21-16(6-11)27-2)25-17(12)18(20)22-10-23-25/h4-7,10,13,15H,3,8-9H2,1-2H3,(H,24,26)(H2,20,22,23)/t13-,15+/m1/s1. The molecule has 4 heterocycles. The number of nitrogen functional groups attached to an aromatic ring is 1. The van der Waals surface area contributed by atoms with Crippen molar-refractivity contribution < 1.29 is 19.0 Å². The lowest BCUT2D eigenvalue weighted by atomic mass is 10.1. The first-order valence-electron chi connectivity index (χ1n) is 9.25. The van der Waals surface area contributed by atoms with Gasteiger partial charge in [-0.1, -0.05) is 0 Å². The lowest BCUT2D eigenvalue weighted by molar-refractivity contribution is 0.0402. The molecular formula is C19H22N6O4. The Hall–Kier alpha value is -3.24. The Morgan fingerprint density at radius 1 is 1.38 bits per heavy atom. The van der Waals surface area contributed by atoms with Crippen LogP contribution in [0.4, 0.5) is 5.82 Å². The van der Waals surface area contributed by atoms with Crippen LogP contribution in [0.5, 0.6) is 5.88 Å². The van der Waals surface area contributed by atoms with E-state index in [1.54, 1.807) is 36.0 Å². The fourth-order valence-corrected chi connectivity index (χ4v) is 3.42. The number of ether oxygens (including phenoxy) is 3. The predicted octanol–water partition coefficient (Wildman–Crippen LogP) is 0.916. The highest BCUT2D eigenvalue weighted by Crippen LogP contribution is 2.29. The van der Waals surface area contributed by atoms with E-state index >= 15 is 0 Å². The van der Waals surface area contributed by atoms with Crippen molar-refractivity contribution in [3.8, 4) is 17.1 Å². The Balaban J connectivity index is 1.74. The van der Waals surface area contributed by atoms with Crippen molar-refractivity contribution in [1.29, 1.82) is 0 Å². The quantitative estimate of drug-likeness (QED) is 0.628. The Kier molecular flexibility index (Phi) is 5.28. The molecule has 0 aliphatic carbocycles. The van der Waals surface area contributed by atoms with Gasteiger partial charge in [0.15, 0.2) is 5.82 Å². The van der Waals surface area contributed by atoms with Gasteiger partial charge in [-0.3, -0.25) is 4.79 Å². The molecule has 1 aliphatic rings. The summed E-state index contributed by atoms with van der Waals surface area (Å²) in [6.45, 7) is 3.29. The molecular weight excluding hydrogens is 376 g/mol. The Morgan fingerprint density at radius 3 is 3.03 bits per heavy atom. The zero-order valence-electron chi connectivity index (χ0n) is 16.2. The van der Waals surface area contributed by atoms with Crippen molar-refractivity contribution in [2.45, 2.75) is 19.1 Å². The first-order valence-corrected chi connectivity index (χ1v) is 9.25. The highest BCUT2D eigenvalue weighted by atomic mass is 16.5. The van der Waals surface area contributed by atoms with Gasteiger partial charge in [0.2, 0.25) is 5.88 Å². The molecule has 0 spiro atoms. The summed E-state index contributed by atoms with van der Waals surface area (Å²) < 4.78 is 17.9. The lowest BCUT2D eigenvalue weighted by Gasteiger charge is -2.18. The fourth-order valence-electron chi connectivity index (χ4n) is 3.42. The van der Waals surface area contributed by atoms with E-state index in [1.807, 2.05) is 6.92 Å². The summed E-state index contributed by atoms with van der Waals surface area (Å²) in [5.41, 5.74) is 8.34. The molecule has 1 amide bonds. The maximum atomic E-state index is 13.1. The van der Waals surface area contributed by atoms with E-state index in [1.165, 1.54) is 6.33 Å². The zero-order chi connectivity index (χ0) is 20.4. The average molecular weight is 398 g/mol. The monoisotopic (exact) mass is 398 g/mol. The van der Waals surface area contributed by atoms with Crippen molar-refractivity contribution in [1.82, 2.24) is 24.9 Å². The van der Waals surface area contributed by atoms with Gasteiger partial charge in [0, 0.05) is 24.4 Å². The molecule has 1 aliphatic heterocycles. The number of hydrogen-bond donors (Lipinski definition) is 2. The molecule has 3 aromatic rings. The Labute approximate surface area is 167 Å². The van der Waals surface area contributed by atoms with Crippen LogP contribution < -0.4 is 15.8 Å². The van der Waals surface area contributed by atoms with Crippen LogP contribution >= 0.6 is 0 Å². The summed E-state index contributed by atoms with van der Waals surface area (Å²) in [6.07, 6.45) is 2.79. The van der Waals surface area contributed by atoms with Gasteiger partial charge < -0.3 is 25.3 Å². The van der Waals surface area contributed by atoms with Gasteiger partial charge in [-0.2, -0.15) is 5.10 Å². The van der Waals surface area contributed by atoms with Gasteiger partial charge in [-0.15, -0.1) is 0 Å². The summed E-state index contributed by atoms with van der Waals surface area (Å²) in [5.74, 6) is 0.367. The number of carbonyl (C=O) groups excluding carboxylic acids is 1. The van der Waals surface area contributed by atoms with Crippen LogP contribution in [-0.4, -0.2) is 64.6 Å². The van der Waals surface area contributed by atoms with Crippen molar-refractivity contribution in [3.63, 3.8) is 0 Å². The molecule has 2 atom stereocenters. The number of pyridine rings is 1. The maximum absolute atomic E-state index is 13.1. The molecule has 3 N–H and O–H groups in total. The van der Waals surface area contributed by atoms with Crippen molar-refractivity contribution in [2.75, 3.05) is 32.7 Å². The smallest absolute Gasteiger partial charge is 0.254 e. The number of methoxy groups -OCH3 is 1. The third-order valence-electron chi connectivity index (χ3n) is 4.79. The number of anilines is 1. The summed E-state index contributed by atoms with van der Waals surface area (Å²) in [6, 6.07) is 5.06. The van der Waals surface area contributed by atoms with Gasteiger partial charge in [0.1, 0.15) is 17.9 Å². The van der Waals surface area contributed by atoms with E-state index in [-0.39, 0.29) is 23.9 Å². The number of nitrogens with zero attached hydrogens (tertiary/aromatic N) is 4. The summed E-state index contributed by atoms with van der Waals surface area (Å²) in [4.78, 5) is 21.3. The molecule has 0 unspecified atom stereocenters. The first-order chi connectivity index (χ1) is 14.1. The van der Waals surface area contributed by atoms with Crippen LogP contribution in [-0.2, 0) is 9.47 Å². The molecule has 0 saturated carbocycles. The minimum atomic E-state index is -0.295. The highest BCUT2D eigenvalue weighted by molar-refractivity contribution is 6.05. The van der Waals surface area contributed by atoms with Gasteiger partial charge in [-0.05, 0) is 19.1 Å². The van der Waals surface area contributed by atoms with Gasteiger partial charge in [0.25, 0.3) is 5.91 Å². The molecule has 0 aromatic carbocycles. The molecule has 0 bridgehead atoms. The maximum Gasteiger partial charge on any atom is 0.254 e. The van der Waals surface area contributed by atoms with Gasteiger partial charge in [0.05, 0.1) is 37.6 Å². The van der Waals surface area contributed by atoms with Crippen LogP contribution in [0.25, 0.3) is 16.8 Å². The van der Waals surface area contributed by atoms with E-state index in [9.17, 15) is 4.79 Å². The second-order valence-corrected chi connectivity index (χ2v) is 6.55. The van der Waals surface area contributed by atoms with Crippen LogP contribution in [0, 0.1) is 0 Å². The molecule has 1 fully saturated rings. The molecule has 152 valence electrons. The number of carbonyl (C=O) groups is 1. The Morgan fingerprint density at radius 2 is 2.24 bits per heavy atom. The number of fused-ring (bicyclic) bond motifs is 1. The number of amides is 1. The Bertz CT molecular complexity index is 1040. The van der Waals surface area contributed by atoms with Crippen LogP contribution in [0.3, 0.4) is 0 Å². The molecule has 0 radical (unpaired) electrons. The number of hydrogen-bond acceptors (Lipinski definition) is 8. The summed E-state index contributed by atoms with van der Waals surface area (Å²) >= 11 is 0. The summed E-state index contributed by atoms with van der Waals surface area (Å²) in [5, 5.41) is 7.27. The third-order valence-corrected chi connectivity index (χ3v) is 4.79. The minimum Gasteiger partial charge on any atom is -0.481 e. The van der Waals surface area contributed by atoms with E-state index in [4.69, 9.17) is 19.9 Å². The van der Waals surface area contributed by atoms with Crippen LogP contribution in [0.15, 0.2) is 30.7 Å². The number of nitrogens with one attached hydrogen (secondary N) is 1. The molecule has 29 heavy (non-hydrogen) atoms. The molecule has 10 heteroatoms. The third kappa shape index (κ3) is 3.59. The van der Waals surface area contributed by atoms with Gasteiger partial charge in [-0.25, -0.2) is 14.5 Å². The average Bonchev–Trinajstić information content (AvgIpc) is 3.34. The summed E-state index contributed by atoms with van der Waals surface area (Å²) in [7, 11) is 1.54. The van der Waals surface area contributed by atoms with E-state index in [2.05, 4.69) is 20.4 Å². The van der Waals surface area contributed by atoms with E-state index in [0.29, 0.717) is 42.5 Å². The number of rotatable bonds is 6. The van der Waals surface area contributed by atoms with E-state index in [0.717, 1.165) is 5.56 Å². The number of aromatic nitrogens is 4. The normalized spacial score (nSPS) is 18.8. The molecule has 4 rings (SSSR count). The predicted molar refractivity (Wildman–Crippen MR) is 105 cm³/mol. The van der Waals surface area contributed by atoms with Crippen molar-refractivity contribution in [2.24, 2.45) is 0 Å². The number of nitrogens with two attached hydrogens (primary N) is 1. The van der Waals surface area contributed by atoms with Crippen LogP contribution in [0.1, 0.15) is 17.3 Å². The SMILES string of the molecule is CCO[C@H]1COC[C@H]1NC(=O)c1cc(-c2ccnc(OC)c2)n2ncnc(N)c12. The van der Waals surface area contributed by atoms with Crippen molar-refractivity contribution >= 4 is 17.2 Å². The lowest BCUT2D eigenvalue weighted by Crippen LogP contribution is -2.43. The zero-order valence-corrected chi connectivity index (χ0v) is 16.2. The van der Waals surface area contributed by atoms with Gasteiger partial charge >= 0.3 is 0 Å². The highest BCUT2D eigenvalue weighted by Gasteiger charge is 2.31. The first kappa shape index (κ1) is 19.1. The second kappa shape index (κ2) is 8.02.